The van der Waals surface area contributed by atoms with Crippen LogP contribution in [0.5, 0.6) is 0 Å². The summed E-state index contributed by atoms with van der Waals surface area (Å²) in [5.74, 6) is -0.528. The van der Waals surface area contributed by atoms with Gasteiger partial charge in [0.15, 0.2) is 0 Å². The number of carbonyl (C=O) groups excluding carboxylic acids is 2. The van der Waals surface area contributed by atoms with Crippen molar-refractivity contribution in [2.75, 3.05) is 0 Å². The van der Waals surface area contributed by atoms with Gasteiger partial charge in [-0.15, -0.1) is 0 Å². The predicted octanol–water partition coefficient (Wildman–Crippen LogP) is 3.73. The van der Waals surface area contributed by atoms with Gasteiger partial charge in [0, 0.05) is 0 Å². The zero-order valence-corrected chi connectivity index (χ0v) is 18.9. The predicted molar refractivity (Wildman–Crippen MR) is 93.4 cm³/mol. The first kappa shape index (κ1) is 22.3. The number of halogens is 1. The van der Waals surface area contributed by atoms with Crippen LogP contribution in [0.25, 0.3) is 0 Å². The van der Waals surface area contributed by atoms with Crippen molar-refractivity contribution in [2.45, 2.75) is 45.4 Å². The second-order valence-electron chi connectivity index (χ2n) is 5.58. The monoisotopic (exact) mass is 483 g/mol. The Balaban J connectivity index is 0.00000232. The SMILES string of the molecule is [CH2-]C[C@H](NC(=O)OC(C)(C)C)C(=O)OCc1ccccc1.[Zn+][I]. The van der Waals surface area contributed by atoms with Crippen molar-refractivity contribution in [1.29, 1.82) is 0 Å². The van der Waals surface area contributed by atoms with E-state index in [-0.39, 0.29) is 13.0 Å². The van der Waals surface area contributed by atoms with Crippen LogP contribution in [0.3, 0.4) is 0 Å². The van der Waals surface area contributed by atoms with E-state index < -0.39 is 23.7 Å². The summed E-state index contributed by atoms with van der Waals surface area (Å²) in [6.07, 6.45) is -0.472. The van der Waals surface area contributed by atoms with Gasteiger partial charge < -0.3 is 21.7 Å². The third kappa shape index (κ3) is 10.7. The fourth-order valence-electron chi connectivity index (χ4n) is 1.53. The molecule has 0 unspecified atom stereocenters. The Hall–Kier alpha value is -0.687. The molecule has 1 rings (SSSR count). The maximum absolute atomic E-state index is 11.9. The molecule has 0 aromatic heterocycles. The van der Waals surface area contributed by atoms with Gasteiger partial charge in [-0.05, 0) is 26.3 Å². The number of amides is 1. The quantitative estimate of drug-likeness (QED) is 0.299. The fourth-order valence-corrected chi connectivity index (χ4v) is 1.53. The van der Waals surface area contributed by atoms with E-state index in [9.17, 15) is 9.59 Å². The molecule has 1 N–H and O–H groups in total. The van der Waals surface area contributed by atoms with Gasteiger partial charge in [-0.3, -0.25) is 0 Å². The molecule has 0 saturated carbocycles. The first-order valence-corrected chi connectivity index (χ1v) is 16.1. The molecule has 0 aliphatic heterocycles. The van der Waals surface area contributed by atoms with Gasteiger partial charge in [-0.1, -0.05) is 30.3 Å². The van der Waals surface area contributed by atoms with E-state index >= 15 is 0 Å². The van der Waals surface area contributed by atoms with Crippen molar-refractivity contribution in [2.24, 2.45) is 0 Å². The van der Waals surface area contributed by atoms with E-state index in [4.69, 9.17) is 9.47 Å². The zero-order valence-electron chi connectivity index (χ0n) is 13.8. The van der Waals surface area contributed by atoms with Gasteiger partial charge in [-0.2, -0.15) is 6.42 Å². The molecule has 0 saturated heterocycles. The van der Waals surface area contributed by atoms with Crippen LogP contribution in [0.1, 0.15) is 32.8 Å². The molecule has 1 amide bonds. The molecule has 0 fully saturated rings. The minimum absolute atomic E-state index is 0.159. The summed E-state index contributed by atoms with van der Waals surface area (Å²) < 4.78 is 10.3. The molecule has 0 radical (unpaired) electrons. The van der Waals surface area contributed by atoms with Gasteiger partial charge in [0.1, 0.15) is 18.2 Å². The number of hydrogen-bond acceptors (Lipinski definition) is 4. The number of hydrogen-bond donors (Lipinski definition) is 1. The maximum atomic E-state index is 11.9. The van der Waals surface area contributed by atoms with Crippen molar-refractivity contribution >= 4 is 31.8 Å². The number of esters is 1. The van der Waals surface area contributed by atoms with Crippen LogP contribution in [0.15, 0.2) is 30.3 Å². The van der Waals surface area contributed by atoms with Crippen LogP contribution in [0.4, 0.5) is 4.79 Å². The molecule has 124 valence electrons. The number of ether oxygens (including phenoxy) is 2. The summed E-state index contributed by atoms with van der Waals surface area (Å²) >= 11 is 3.62. The van der Waals surface area contributed by atoms with E-state index in [1.54, 1.807) is 20.8 Å². The molecule has 5 nitrogen and oxygen atoms in total. The van der Waals surface area contributed by atoms with Gasteiger partial charge >= 0.3 is 46.6 Å². The van der Waals surface area contributed by atoms with E-state index in [1.807, 2.05) is 30.3 Å². The summed E-state index contributed by atoms with van der Waals surface area (Å²) in [6.45, 7) is 9.05. The van der Waals surface area contributed by atoms with Gasteiger partial charge in [0.2, 0.25) is 0 Å². The molecule has 1 aromatic rings. The Morgan fingerprint density at radius 3 is 2.30 bits per heavy atom. The third-order valence-corrected chi connectivity index (χ3v) is 2.49. The Morgan fingerprint density at radius 1 is 1.26 bits per heavy atom. The minimum atomic E-state index is -0.816. The number of benzene rings is 1. The third-order valence-electron chi connectivity index (χ3n) is 2.49. The Kier molecular flexibility index (Phi) is 11.4. The van der Waals surface area contributed by atoms with E-state index in [1.165, 1.54) is 14.8 Å². The van der Waals surface area contributed by atoms with Crippen LogP contribution in [0.2, 0.25) is 0 Å². The van der Waals surface area contributed by atoms with Crippen molar-refractivity contribution in [3.8, 4) is 0 Å². The summed E-state index contributed by atoms with van der Waals surface area (Å²) in [5.41, 5.74) is 0.259. The molecular weight excluding hydrogens is 462 g/mol. The summed E-state index contributed by atoms with van der Waals surface area (Å²) in [6, 6.07) is 8.50. The zero-order chi connectivity index (χ0) is 17.9. The molecule has 0 aliphatic rings. The van der Waals surface area contributed by atoms with Crippen molar-refractivity contribution < 1.29 is 33.9 Å². The number of carbonyl (C=O) groups is 2. The van der Waals surface area contributed by atoms with Crippen molar-refractivity contribution in [1.82, 2.24) is 5.32 Å². The van der Waals surface area contributed by atoms with Crippen molar-refractivity contribution in [3.05, 3.63) is 42.8 Å². The van der Waals surface area contributed by atoms with E-state index in [2.05, 4.69) is 32.0 Å². The van der Waals surface area contributed by atoms with E-state index in [0.29, 0.717) is 0 Å². The molecule has 1 aromatic carbocycles. The molecule has 0 heterocycles. The second kappa shape index (κ2) is 11.8. The van der Waals surface area contributed by atoms with Crippen molar-refractivity contribution in [3.63, 3.8) is 0 Å². The summed E-state index contributed by atoms with van der Waals surface area (Å²) in [7, 11) is 0. The number of nitrogens with one attached hydrogen (secondary N) is 1. The Morgan fingerprint density at radius 2 is 1.83 bits per heavy atom. The number of rotatable bonds is 5. The van der Waals surface area contributed by atoms with Crippen LogP contribution in [-0.2, 0) is 35.7 Å². The molecule has 0 bridgehead atoms. The first-order valence-electron chi connectivity index (χ1n) is 7.08. The van der Waals surface area contributed by atoms with E-state index in [0.717, 1.165) is 5.56 Å². The normalized spacial score (nSPS) is 11.6. The average Bonchev–Trinajstić information content (AvgIpc) is 2.51. The fraction of sp³-hybridized carbons (Fsp3) is 0.438. The average molecular weight is 485 g/mol. The molecule has 0 aliphatic carbocycles. The Bertz CT molecular complexity index is 477. The van der Waals surface area contributed by atoms with Crippen LogP contribution >= 0.6 is 19.8 Å². The van der Waals surface area contributed by atoms with Crippen LogP contribution < -0.4 is 5.32 Å². The van der Waals surface area contributed by atoms with Crippen LogP contribution in [0, 0.1) is 6.92 Å². The van der Waals surface area contributed by atoms with Gasteiger partial charge in [0.05, 0.1) is 0 Å². The molecule has 1 atom stereocenters. The van der Waals surface area contributed by atoms with Crippen LogP contribution in [-0.4, -0.2) is 23.7 Å². The number of alkyl carbamates (subject to hydrolysis) is 1. The molecule has 0 spiro atoms. The summed E-state index contributed by atoms with van der Waals surface area (Å²) in [4.78, 5) is 23.6. The van der Waals surface area contributed by atoms with Gasteiger partial charge in [-0.25, -0.2) is 9.59 Å². The Labute approximate surface area is 158 Å². The molecule has 23 heavy (non-hydrogen) atoms. The topological polar surface area (TPSA) is 64.6 Å². The first-order chi connectivity index (χ1) is 10.8. The summed E-state index contributed by atoms with van der Waals surface area (Å²) in [5, 5.41) is 2.46. The molecular formula is C16H22INO4Zn. The van der Waals surface area contributed by atoms with Gasteiger partial charge in [0.25, 0.3) is 0 Å². The second-order valence-corrected chi connectivity index (χ2v) is 5.58. The molecule has 7 heteroatoms. The standard InChI is InChI=1S/C16H22NO4.HI.Zn/c1-5-13(17-15(19)21-16(2,3)4)14(18)20-11-12-9-7-6-8-10-12;;/h6-10,13H,1,5,11H2,2-4H3,(H,17,19);1H;/q-1;;+2/p-1/t13-;;/m0../s1.